The second-order valence-corrected chi connectivity index (χ2v) is 11.0. The number of alkyl halides is 3. The Morgan fingerprint density at radius 3 is 2.47 bits per heavy atom. The lowest BCUT2D eigenvalue weighted by Gasteiger charge is -2.38. The molecule has 2 fully saturated rings. The third kappa shape index (κ3) is 4.94. The van der Waals surface area contributed by atoms with Crippen LogP contribution in [-0.4, -0.2) is 51.0 Å². The summed E-state index contributed by atoms with van der Waals surface area (Å²) in [6.45, 7) is 6.27. The highest BCUT2D eigenvalue weighted by Gasteiger charge is 2.40. The smallest absolute Gasteiger partial charge is 0.366 e. The molecule has 5 nitrogen and oxygen atoms in total. The van der Waals surface area contributed by atoms with Gasteiger partial charge in [0.05, 0.1) is 10.5 Å². The molecule has 2 heterocycles. The molecule has 0 saturated carbocycles. The van der Waals surface area contributed by atoms with Crippen LogP contribution < -0.4 is 10.2 Å². The second-order valence-electron chi connectivity index (χ2n) is 9.16. The Bertz CT molecular complexity index is 1140. The van der Waals surface area contributed by atoms with Crippen molar-refractivity contribution in [1.82, 2.24) is 9.62 Å². The summed E-state index contributed by atoms with van der Waals surface area (Å²) in [5.74, 6) is -1.45. The first-order chi connectivity index (χ1) is 16.0. The van der Waals surface area contributed by atoms with E-state index in [9.17, 15) is 26.0 Å². The van der Waals surface area contributed by atoms with Crippen LogP contribution in [0, 0.1) is 5.82 Å². The molecule has 2 aliphatic heterocycles. The van der Waals surface area contributed by atoms with Crippen LogP contribution in [0.15, 0.2) is 47.4 Å². The summed E-state index contributed by atoms with van der Waals surface area (Å²) in [6, 6.07) is 9.30. The van der Waals surface area contributed by atoms with Gasteiger partial charge in [0.15, 0.2) is 0 Å². The number of nitrogens with one attached hydrogen (secondary N) is 1. The van der Waals surface area contributed by atoms with Gasteiger partial charge in [-0.25, -0.2) is 12.8 Å². The third-order valence-corrected chi connectivity index (χ3v) is 8.84. The molecule has 1 N–H and O–H groups in total. The molecule has 2 aromatic carbocycles. The van der Waals surface area contributed by atoms with Crippen LogP contribution in [0.2, 0.25) is 0 Å². The Labute approximate surface area is 197 Å². The highest BCUT2D eigenvalue weighted by Crippen LogP contribution is 2.41. The average molecular weight is 500 g/mol. The molecule has 0 aromatic heterocycles. The van der Waals surface area contributed by atoms with E-state index in [0.29, 0.717) is 6.07 Å². The topological polar surface area (TPSA) is 52.7 Å². The highest BCUT2D eigenvalue weighted by molar-refractivity contribution is 7.89. The summed E-state index contributed by atoms with van der Waals surface area (Å²) < 4.78 is 82.4. The quantitative estimate of drug-likeness (QED) is 0.625. The summed E-state index contributed by atoms with van der Waals surface area (Å²) >= 11 is 0. The number of hydrogen-bond donors (Lipinski definition) is 1. The number of hydrogen-bond acceptors (Lipinski definition) is 4. The van der Waals surface area contributed by atoms with E-state index in [1.54, 1.807) is 25.1 Å². The lowest BCUT2D eigenvalue weighted by molar-refractivity contribution is -0.138. The number of nitrogens with zero attached hydrogens (tertiary/aromatic N) is 2. The SMILES string of the molecule is CC1CNCCN1c1cccc(S(=O)(=O)N2CC[C@H](c3ccc(F)cc3C(F)(F)F)C[C@@H]2C)c1. The summed E-state index contributed by atoms with van der Waals surface area (Å²) in [4.78, 5) is 2.34. The van der Waals surface area contributed by atoms with Gasteiger partial charge in [0, 0.05) is 44.0 Å². The molecule has 0 amide bonds. The summed E-state index contributed by atoms with van der Waals surface area (Å²) in [7, 11) is -3.83. The van der Waals surface area contributed by atoms with Crippen LogP contribution in [0.5, 0.6) is 0 Å². The predicted octanol–water partition coefficient (Wildman–Crippen LogP) is 4.60. The van der Waals surface area contributed by atoms with E-state index in [2.05, 4.69) is 17.1 Å². The molecule has 186 valence electrons. The van der Waals surface area contributed by atoms with Crippen molar-refractivity contribution in [3.63, 3.8) is 0 Å². The van der Waals surface area contributed by atoms with Crippen LogP contribution in [-0.2, 0) is 16.2 Å². The first-order valence-corrected chi connectivity index (χ1v) is 12.9. The molecule has 0 bridgehead atoms. The molecule has 2 aliphatic rings. The fourth-order valence-corrected chi connectivity index (χ4v) is 6.80. The zero-order chi connectivity index (χ0) is 24.7. The van der Waals surface area contributed by atoms with Gasteiger partial charge in [-0.15, -0.1) is 0 Å². The number of benzene rings is 2. The number of halogens is 4. The average Bonchev–Trinajstić information content (AvgIpc) is 2.78. The molecule has 34 heavy (non-hydrogen) atoms. The standard InChI is InChI=1S/C24H29F4N3O2S/c1-16-12-18(22-7-6-19(25)13-23(22)24(26,27)28)8-10-31(16)34(32,33)21-5-3-4-20(14-21)30-11-9-29-15-17(30)2/h3-7,13-14,16-18,29H,8-12,15H2,1-2H3/t16-,17?,18-/m0/s1. The number of piperidine rings is 1. The summed E-state index contributed by atoms with van der Waals surface area (Å²) in [5.41, 5.74) is -0.134. The Morgan fingerprint density at radius 2 is 1.79 bits per heavy atom. The van der Waals surface area contributed by atoms with Crippen molar-refractivity contribution in [2.75, 3.05) is 31.1 Å². The monoisotopic (exact) mass is 499 g/mol. The molecular weight excluding hydrogens is 470 g/mol. The molecule has 0 spiro atoms. The zero-order valence-corrected chi connectivity index (χ0v) is 20.0. The summed E-state index contributed by atoms with van der Waals surface area (Å²) in [5, 5.41) is 3.31. The molecule has 0 aliphatic carbocycles. The van der Waals surface area contributed by atoms with E-state index < -0.39 is 39.5 Å². The van der Waals surface area contributed by atoms with Gasteiger partial charge < -0.3 is 10.2 Å². The highest BCUT2D eigenvalue weighted by atomic mass is 32.2. The van der Waals surface area contributed by atoms with Crippen molar-refractivity contribution in [2.24, 2.45) is 0 Å². The van der Waals surface area contributed by atoms with Crippen LogP contribution in [0.1, 0.15) is 43.7 Å². The second kappa shape index (κ2) is 9.47. The predicted molar refractivity (Wildman–Crippen MR) is 123 cm³/mol. The maximum Gasteiger partial charge on any atom is 0.416 e. The fourth-order valence-electron chi connectivity index (χ4n) is 5.10. The normalized spacial score (nSPS) is 24.9. The summed E-state index contributed by atoms with van der Waals surface area (Å²) in [6.07, 6.45) is -4.22. The van der Waals surface area contributed by atoms with Crippen molar-refractivity contribution in [3.8, 4) is 0 Å². The molecule has 1 unspecified atom stereocenters. The van der Waals surface area contributed by atoms with E-state index in [0.717, 1.165) is 31.4 Å². The van der Waals surface area contributed by atoms with Crippen LogP contribution >= 0.6 is 0 Å². The number of rotatable bonds is 4. The van der Waals surface area contributed by atoms with Crippen molar-refractivity contribution in [2.45, 2.75) is 55.8 Å². The number of sulfonamides is 1. The first-order valence-electron chi connectivity index (χ1n) is 11.4. The van der Waals surface area contributed by atoms with Gasteiger partial charge >= 0.3 is 6.18 Å². The van der Waals surface area contributed by atoms with Crippen molar-refractivity contribution < 1.29 is 26.0 Å². The Hall–Kier alpha value is -2.17. The zero-order valence-electron chi connectivity index (χ0n) is 19.1. The molecule has 0 radical (unpaired) electrons. The van der Waals surface area contributed by atoms with E-state index in [1.165, 1.54) is 10.4 Å². The van der Waals surface area contributed by atoms with Gasteiger partial charge in [-0.05, 0) is 68.5 Å². The van der Waals surface area contributed by atoms with Gasteiger partial charge in [0.2, 0.25) is 10.0 Å². The number of anilines is 1. The molecule has 3 atom stereocenters. The first kappa shape index (κ1) is 24.9. The lowest BCUT2D eigenvalue weighted by Crippen LogP contribution is -2.50. The van der Waals surface area contributed by atoms with Crippen molar-refractivity contribution >= 4 is 15.7 Å². The largest absolute Gasteiger partial charge is 0.416 e. The Balaban J connectivity index is 1.56. The van der Waals surface area contributed by atoms with Crippen LogP contribution in [0.25, 0.3) is 0 Å². The van der Waals surface area contributed by atoms with Gasteiger partial charge in [0.1, 0.15) is 5.82 Å². The third-order valence-electron chi connectivity index (χ3n) is 6.83. The molecule has 4 rings (SSSR count). The minimum absolute atomic E-state index is 0.0208. The van der Waals surface area contributed by atoms with Gasteiger partial charge in [-0.1, -0.05) is 12.1 Å². The molecule has 10 heteroatoms. The molecular formula is C24H29F4N3O2S. The van der Waals surface area contributed by atoms with E-state index in [1.807, 2.05) is 6.07 Å². The number of piperazine rings is 1. The van der Waals surface area contributed by atoms with Gasteiger partial charge in [-0.3, -0.25) is 0 Å². The Morgan fingerprint density at radius 1 is 1.03 bits per heavy atom. The lowest BCUT2D eigenvalue weighted by atomic mass is 9.84. The van der Waals surface area contributed by atoms with Gasteiger partial charge in [-0.2, -0.15) is 17.5 Å². The maximum absolute atomic E-state index is 13.5. The fraction of sp³-hybridized carbons (Fsp3) is 0.500. The van der Waals surface area contributed by atoms with E-state index in [4.69, 9.17) is 0 Å². The minimum Gasteiger partial charge on any atom is -0.366 e. The molecule has 2 aromatic rings. The van der Waals surface area contributed by atoms with Crippen molar-refractivity contribution in [3.05, 3.63) is 59.4 Å². The molecule has 2 saturated heterocycles. The maximum atomic E-state index is 13.5. The van der Waals surface area contributed by atoms with Crippen molar-refractivity contribution in [1.29, 1.82) is 0 Å². The van der Waals surface area contributed by atoms with Crippen LogP contribution in [0.4, 0.5) is 23.2 Å². The minimum atomic E-state index is -4.68. The van der Waals surface area contributed by atoms with Gasteiger partial charge in [0.25, 0.3) is 0 Å². The van der Waals surface area contributed by atoms with Crippen LogP contribution in [0.3, 0.4) is 0 Å². The van der Waals surface area contributed by atoms with E-state index in [-0.39, 0.29) is 35.9 Å². The Kier molecular flexibility index (Phi) is 6.94. The van der Waals surface area contributed by atoms with E-state index >= 15 is 0 Å².